The van der Waals surface area contributed by atoms with Crippen LogP contribution in [0.5, 0.6) is 5.95 Å². The maximum Gasteiger partial charge on any atom is 0.312 e. The van der Waals surface area contributed by atoms with Crippen molar-refractivity contribution in [3.05, 3.63) is 57.7 Å². The molecule has 0 fully saturated rings. The van der Waals surface area contributed by atoms with Gasteiger partial charge in [0.25, 0.3) is 5.78 Å². The van der Waals surface area contributed by atoms with Crippen LogP contribution < -0.4 is 15.5 Å². The maximum atomic E-state index is 13.2. The average Bonchev–Trinajstić information content (AvgIpc) is 3.38. The maximum absolute atomic E-state index is 13.2. The van der Waals surface area contributed by atoms with Gasteiger partial charge in [-0.25, -0.2) is 4.98 Å². The van der Waals surface area contributed by atoms with Crippen molar-refractivity contribution in [1.29, 1.82) is 0 Å². The Morgan fingerprint density at radius 2 is 2.07 bits per heavy atom. The molecule has 0 amide bonds. The summed E-state index contributed by atoms with van der Waals surface area (Å²) in [7, 11) is 0. The molecule has 8 heteroatoms. The second-order valence-corrected chi connectivity index (χ2v) is 7.93. The number of hydrogen-bond donors (Lipinski definition) is 1. The molecule has 5 rings (SSSR count). The van der Waals surface area contributed by atoms with Gasteiger partial charge in [-0.3, -0.25) is 4.79 Å². The first kappa shape index (κ1) is 16.9. The van der Waals surface area contributed by atoms with E-state index in [0.29, 0.717) is 16.2 Å². The van der Waals surface area contributed by atoms with Crippen molar-refractivity contribution < 1.29 is 19.1 Å². The first-order chi connectivity index (χ1) is 13.5. The first-order valence-corrected chi connectivity index (χ1v) is 9.76. The van der Waals surface area contributed by atoms with E-state index in [1.54, 1.807) is 12.1 Å². The Kier molecular flexibility index (Phi) is 3.70. The summed E-state index contributed by atoms with van der Waals surface area (Å²) in [6, 6.07) is 9.31. The highest BCUT2D eigenvalue weighted by molar-refractivity contribution is 7.21. The van der Waals surface area contributed by atoms with Gasteiger partial charge in [-0.15, -0.1) is 11.3 Å². The number of nitrogens with zero attached hydrogens (tertiary/aromatic N) is 3. The number of aryl methyl sites for hydroxylation is 3. The third kappa shape index (κ3) is 2.49. The summed E-state index contributed by atoms with van der Waals surface area (Å²) >= 11 is 1.20. The van der Waals surface area contributed by atoms with Gasteiger partial charge in [0, 0.05) is 23.2 Å². The number of fused-ring (bicyclic) bond motifs is 2. The molecule has 1 aromatic carbocycles. The fourth-order valence-electron chi connectivity index (χ4n) is 3.57. The Morgan fingerprint density at radius 3 is 2.86 bits per heavy atom. The van der Waals surface area contributed by atoms with Gasteiger partial charge < -0.3 is 15.4 Å². The minimum absolute atomic E-state index is 0.172. The smallest absolute Gasteiger partial charge is 0.312 e. The normalized spacial score (nSPS) is 13.2. The first-order valence-electron chi connectivity index (χ1n) is 8.94. The molecule has 4 aromatic rings. The van der Waals surface area contributed by atoms with Gasteiger partial charge in [-0.05, 0) is 42.5 Å². The number of carbonyl (C=O) groups excluding carboxylic acids is 1. The lowest BCUT2D eigenvalue weighted by Crippen LogP contribution is -2.39. The van der Waals surface area contributed by atoms with E-state index in [0.717, 1.165) is 35.9 Å². The van der Waals surface area contributed by atoms with E-state index in [9.17, 15) is 9.90 Å². The molecule has 0 atom stereocenters. The summed E-state index contributed by atoms with van der Waals surface area (Å²) in [6.45, 7) is 1.95. The fourth-order valence-corrected chi connectivity index (χ4v) is 4.61. The van der Waals surface area contributed by atoms with E-state index in [2.05, 4.69) is 10.3 Å². The molecule has 3 heterocycles. The molecule has 1 aliphatic carbocycles. The van der Waals surface area contributed by atoms with Gasteiger partial charge in [0.15, 0.2) is 5.95 Å². The van der Waals surface area contributed by atoms with Crippen molar-refractivity contribution in [3.63, 3.8) is 0 Å². The van der Waals surface area contributed by atoms with E-state index in [4.69, 9.17) is 10.3 Å². The summed E-state index contributed by atoms with van der Waals surface area (Å²) in [6.07, 6.45) is 3.00. The average molecular weight is 392 g/mol. The zero-order chi connectivity index (χ0) is 19.4. The van der Waals surface area contributed by atoms with Crippen LogP contribution in [0, 0.1) is 6.92 Å². The number of thiophene rings is 1. The zero-order valence-corrected chi connectivity index (χ0v) is 15.9. The highest BCUT2D eigenvalue weighted by Crippen LogP contribution is 2.37. The standard InChI is InChI=1S/C20H16N4O3S/c1-10-5-7-12(8-6-10)24-16(20(26)27-23-24)17(25)18-15(21)13-9-11-3-2-4-14(11)22-19(13)28-18/h5-9H,2-4H2,1H3,(H2-,21,23,25,26). The van der Waals surface area contributed by atoms with Crippen LogP contribution in [0.15, 0.2) is 34.9 Å². The van der Waals surface area contributed by atoms with Crippen molar-refractivity contribution in [2.24, 2.45) is 0 Å². The molecular formula is C20H16N4O3S. The Hall–Kier alpha value is -3.26. The topological polar surface area (TPSA) is 109 Å². The van der Waals surface area contributed by atoms with E-state index in [1.165, 1.54) is 21.6 Å². The molecular weight excluding hydrogens is 376 g/mol. The number of anilines is 1. The number of benzene rings is 1. The Balaban J connectivity index is 1.64. The highest BCUT2D eigenvalue weighted by Gasteiger charge is 2.32. The number of nitrogen functional groups attached to an aromatic ring is 1. The van der Waals surface area contributed by atoms with Gasteiger partial charge in [-0.1, -0.05) is 17.7 Å². The van der Waals surface area contributed by atoms with E-state index >= 15 is 0 Å². The predicted molar refractivity (Wildman–Crippen MR) is 102 cm³/mol. The molecule has 0 saturated heterocycles. The molecule has 7 nitrogen and oxygen atoms in total. The Bertz CT molecular complexity index is 1240. The summed E-state index contributed by atoms with van der Waals surface area (Å²) in [5, 5.41) is 16.8. The fraction of sp³-hybridized carbons (Fsp3) is 0.200. The third-order valence-corrected chi connectivity index (χ3v) is 6.17. The number of rotatable bonds is 3. The quantitative estimate of drug-likeness (QED) is 0.423. The lowest BCUT2D eigenvalue weighted by Gasteiger charge is -1.99. The van der Waals surface area contributed by atoms with Crippen LogP contribution in [0.4, 0.5) is 5.69 Å². The van der Waals surface area contributed by atoms with Crippen LogP contribution in [0.2, 0.25) is 0 Å². The van der Waals surface area contributed by atoms with E-state index < -0.39 is 11.7 Å². The lowest BCUT2D eigenvalue weighted by atomic mass is 10.1. The lowest BCUT2D eigenvalue weighted by molar-refractivity contribution is -0.672. The van der Waals surface area contributed by atoms with Crippen LogP contribution >= 0.6 is 11.3 Å². The van der Waals surface area contributed by atoms with Crippen LogP contribution in [-0.4, -0.2) is 16.0 Å². The molecule has 0 radical (unpaired) electrons. The minimum atomic E-state index is -0.794. The number of carbonyl (C=O) groups is 1. The van der Waals surface area contributed by atoms with Crippen LogP contribution in [-0.2, 0) is 12.8 Å². The largest absolute Gasteiger partial charge is 0.539 e. The van der Waals surface area contributed by atoms with Gasteiger partial charge in [-0.2, -0.15) is 0 Å². The number of nitrogens with two attached hydrogens (primary N) is 1. The van der Waals surface area contributed by atoms with Crippen LogP contribution in [0.25, 0.3) is 15.9 Å². The van der Waals surface area contributed by atoms with Crippen molar-refractivity contribution in [2.75, 3.05) is 5.73 Å². The Labute approximate surface area is 164 Å². The second kappa shape index (κ2) is 6.13. The molecule has 0 bridgehead atoms. The van der Waals surface area contributed by atoms with Gasteiger partial charge in [0.05, 0.1) is 11.0 Å². The third-order valence-electron chi connectivity index (χ3n) is 5.06. The summed E-state index contributed by atoms with van der Waals surface area (Å²) in [5.74, 6) is -1.30. The molecule has 0 spiro atoms. The number of ketones is 1. The molecule has 2 N–H and O–H groups in total. The minimum Gasteiger partial charge on any atom is -0.539 e. The van der Waals surface area contributed by atoms with Crippen LogP contribution in [0.1, 0.15) is 38.6 Å². The van der Waals surface area contributed by atoms with E-state index in [1.807, 2.05) is 25.1 Å². The summed E-state index contributed by atoms with van der Waals surface area (Å²) in [4.78, 5) is 18.9. The highest BCUT2D eigenvalue weighted by atomic mass is 32.1. The molecule has 0 unspecified atom stereocenters. The molecule has 0 aliphatic heterocycles. The summed E-state index contributed by atoms with van der Waals surface area (Å²) < 4.78 is 6.01. The molecule has 1 aliphatic rings. The molecule has 3 aromatic heterocycles. The molecule has 28 heavy (non-hydrogen) atoms. The summed E-state index contributed by atoms with van der Waals surface area (Å²) in [5.41, 5.74) is 10.3. The number of hydrogen-bond acceptors (Lipinski definition) is 7. The van der Waals surface area contributed by atoms with E-state index in [-0.39, 0.29) is 10.6 Å². The molecule has 0 saturated carbocycles. The van der Waals surface area contributed by atoms with Crippen molar-refractivity contribution in [2.45, 2.75) is 26.2 Å². The second-order valence-electron chi connectivity index (χ2n) is 6.93. The van der Waals surface area contributed by atoms with Crippen LogP contribution in [0.3, 0.4) is 0 Å². The SMILES string of the molecule is Cc1ccc(-[n+]2noc([O-])c2C(=O)c2sc3nc4c(cc3c2N)CCC4)cc1. The zero-order valence-electron chi connectivity index (χ0n) is 15.1. The molecule has 140 valence electrons. The van der Waals surface area contributed by atoms with Crippen molar-refractivity contribution in [3.8, 4) is 11.6 Å². The van der Waals surface area contributed by atoms with Gasteiger partial charge in [0.1, 0.15) is 9.71 Å². The number of pyridine rings is 1. The van der Waals surface area contributed by atoms with Crippen molar-refractivity contribution >= 4 is 33.0 Å². The van der Waals surface area contributed by atoms with Gasteiger partial charge >= 0.3 is 5.69 Å². The van der Waals surface area contributed by atoms with Gasteiger partial charge in [0.2, 0.25) is 5.69 Å². The van der Waals surface area contributed by atoms with Crippen molar-refractivity contribution in [1.82, 2.24) is 10.3 Å². The Morgan fingerprint density at radius 1 is 1.29 bits per heavy atom. The predicted octanol–water partition coefficient (Wildman–Crippen LogP) is 2.24. The number of aromatic nitrogens is 3. The monoisotopic (exact) mass is 392 g/mol.